The first-order chi connectivity index (χ1) is 10.8. The van der Waals surface area contributed by atoms with Crippen molar-refractivity contribution in [3.8, 4) is 0 Å². The molecule has 0 spiro atoms. The van der Waals surface area contributed by atoms with Gasteiger partial charge in [-0.05, 0) is 36.2 Å². The summed E-state index contributed by atoms with van der Waals surface area (Å²) in [4.78, 5) is 4.08. The molecule has 2 nitrogen and oxygen atoms in total. The third-order valence-electron chi connectivity index (χ3n) is 2.60. The van der Waals surface area contributed by atoms with Crippen LogP contribution in [-0.2, 0) is 0 Å². The zero-order valence-electron chi connectivity index (χ0n) is 11.5. The standard InChI is InChI=1S/C14H8ClF5N2S/c1-22(23-8-4-2-7(15)3-5-8)6-21-14-12(19)10(17)9(16)11(18)13(14)20/h2-6H,1H3. The van der Waals surface area contributed by atoms with Crippen molar-refractivity contribution in [1.29, 1.82) is 0 Å². The van der Waals surface area contributed by atoms with Crippen LogP contribution in [0.5, 0.6) is 0 Å². The van der Waals surface area contributed by atoms with Crippen molar-refractivity contribution in [1.82, 2.24) is 4.31 Å². The Morgan fingerprint density at radius 2 is 1.39 bits per heavy atom. The maximum Gasteiger partial charge on any atom is 0.200 e. The molecule has 122 valence electrons. The molecule has 0 heterocycles. The highest BCUT2D eigenvalue weighted by Gasteiger charge is 2.25. The Balaban J connectivity index is 2.21. The first kappa shape index (κ1) is 17.6. The highest BCUT2D eigenvalue weighted by molar-refractivity contribution is 7.97. The Hall–Kier alpha value is -1.80. The fourth-order valence-corrected chi connectivity index (χ4v) is 2.34. The molecule has 0 aliphatic carbocycles. The molecule has 0 N–H and O–H groups in total. The Kier molecular flexibility index (Phi) is 5.48. The molecular weight excluding hydrogens is 359 g/mol. The minimum Gasteiger partial charge on any atom is -0.306 e. The van der Waals surface area contributed by atoms with Gasteiger partial charge in [-0.15, -0.1) is 0 Å². The largest absolute Gasteiger partial charge is 0.306 e. The van der Waals surface area contributed by atoms with Crippen LogP contribution in [0.2, 0.25) is 5.02 Å². The fraction of sp³-hybridized carbons (Fsp3) is 0.0714. The second-order valence-corrected chi connectivity index (χ2v) is 5.92. The van der Waals surface area contributed by atoms with E-state index in [0.29, 0.717) is 5.02 Å². The zero-order valence-corrected chi connectivity index (χ0v) is 13.0. The zero-order chi connectivity index (χ0) is 17.1. The molecule has 0 amide bonds. The number of halogens is 6. The SMILES string of the molecule is CN(C=Nc1c(F)c(F)c(F)c(F)c1F)Sc1ccc(Cl)cc1. The topological polar surface area (TPSA) is 15.6 Å². The van der Waals surface area contributed by atoms with Gasteiger partial charge in [0.1, 0.15) is 12.0 Å². The summed E-state index contributed by atoms with van der Waals surface area (Å²) in [5.41, 5.74) is -1.25. The second kappa shape index (κ2) is 7.18. The minimum absolute atomic E-state index is 0.534. The lowest BCUT2D eigenvalue weighted by Gasteiger charge is -2.11. The predicted octanol–water partition coefficient (Wildman–Crippen LogP) is 5.33. The lowest BCUT2D eigenvalue weighted by atomic mass is 10.2. The van der Waals surface area contributed by atoms with Gasteiger partial charge in [0, 0.05) is 17.0 Å². The molecule has 0 fully saturated rings. The van der Waals surface area contributed by atoms with Crippen LogP contribution in [0.4, 0.5) is 27.6 Å². The molecular formula is C14H8ClF5N2S. The van der Waals surface area contributed by atoms with Crippen LogP contribution >= 0.6 is 23.5 Å². The van der Waals surface area contributed by atoms with E-state index < -0.39 is 34.8 Å². The lowest BCUT2D eigenvalue weighted by Crippen LogP contribution is -2.06. The minimum atomic E-state index is -2.22. The Bertz CT molecular complexity index is 723. The van der Waals surface area contributed by atoms with Gasteiger partial charge >= 0.3 is 0 Å². The molecule has 0 radical (unpaired) electrons. The average molecular weight is 367 g/mol. The van der Waals surface area contributed by atoms with Crippen molar-refractivity contribution in [3.63, 3.8) is 0 Å². The molecule has 2 aromatic carbocycles. The predicted molar refractivity (Wildman–Crippen MR) is 79.5 cm³/mol. The molecule has 2 rings (SSSR count). The summed E-state index contributed by atoms with van der Waals surface area (Å²) in [6.45, 7) is 0. The van der Waals surface area contributed by atoms with Crippen LogP contribution in [-0.4, -0.2) is 17.7 Å². The van der Waals surface area contributed by atoms with Gasteiger partial charge in [-0.25, -0.2) is 26.9 Å². The van der Waals surface area contributed by atoms with Crippen LogP contribution in [0.15, 0.2) is 34.2 Å². The Labute approximate surface area is 137 Å². The molecule has 0 bridgehead atoms. The first-order valence-electron chi connectivity index (χ1n) is 6.03. The third-order valence-corrected chi connectivity index (χ3v) is 3.72. The lowest BCUT2D eigenvalue weighted by molar-refractivity contribution is 0.381. The van der Waals surface area contributed by atoms with Crippen LogP contribution in [0.3, 0.4) is 0 Å². The summed E-state index contributed by atoms with van der Waals surface area (Å²) in [7, 11) is 1.49. The van der Waals surface area contributed by atoms with Gasteiger partial charge in [0.25, 0.3) is 0 Å². The van der Waals surface area contributed by atoms with Crippen LogP contribution in [0.1, 0.15) is 0 Å². The van der Waals surface area contributed by atoms with Crippen molar-refractivity contribution in [2.75, 3.05) is 7.05 Å². The molecule has 0 aliphatic rings. The van der Waals surface area contributed by atoms with Gasteiger partial charge in [0.05, 0.1) is 0 Å². The van der Waals surface area contributed by atoms with Crippen molar-refractivity contribution in [3.05, 3.63) is 58.4 Å². The summed E-state index contributed by atoms with van der Waals surface area (Å²) < 4.78 is 67.2. The summed E-state index contributed by atoms with van der Waals surface area (Å²) in [6.07, 6.45) is 0.942. The van der Waals surface area contributed by atoms with Gasteiger partial charge in [-0.3, -0.25) is 0 Å². The highest BCUT2D eigenvalue weighted by atomic mass is 35.5. The molecule has 0 unspecified atom stereocenters. The monoisotopic (exact) mass is 366 g/mol. The van der Waals surface area contributed by atoms with E-state index in [-0.39, 0.29) is 0 Å². The van der Waals surface area contributed by atoms with E-state index in [0.717, 1.165) is 23.2 Å². The van der Waals surface area contributed by atoms with E-state index in [1.54, 1.807) is 24.3 Å². The van der Waals surface area contributed by atoms with Gasteiger partial charge < -0.3 is 4.31 Å². The van der Waals surface area contributed by atoms with Gasteiger partial charge in [-0.1, -0.05) is 11.6 Å². The van der Waals surface area contributed by atoms with Crippen LogP contribution < -0.4 is 0 Å². The van der Waals surface area contributed by atoms with Crippen molar-refractivity contribution >= 4 is 35.6 Å². The number of benzene rings is 2. The normalized spacial score (nSPS) is 11.3. The van der Waals surface area contributed by atoms with E-state index in [4.69, 9.17) is 11.6 Å². The van der Waals surface area contributed by atoms with E-state index in [9.17, 15) is 22.0 Å². The summed E-state index contributed by atoms with van der Waals surface area (Å²) in [5.74, 6) is -10.3. The van der Waals surface area contributed by atoms with Gasteiger partial charge in [0.15, 0.2) is 23.3 Å². The number of hydrogen-bond acceptors (Lipinski definition) is 2. The highest BCUT2D eigenvalue weighted by Crippen LogP contribution is 2.29. The van der Waals surface area contributed by atoms with Crippen LogP contribution in [0.25, 0.3) is 0 Å². The quantitative estimate of drug-likeness (QED) is 0.181. The van der Waals surface area contributed by atoms with E-state index in [2.05, 4.69) is 4.99 Å². The number of aliphatic imine (C=N–C) groups is 1. The van der Waals surface area contributed by atoms with Crippen molar-refractivity contribution in [2.45, 2.75) is 4.90 Å². The van der Waals surface area contributed by atoms with Crippen molar-refractivity contribution < 1.29 is 22.0 Å². The average Bonchev–Trinajstić information content (AvgIpc) is 2.53. The first-order valence-corrected chi connectivity index (χ1v) is 7.18. The smallest absolute Gasteiger partial charge is 0.200 e. The molecule has 0 saturated heterocycles. The van der Waals surface area contributed by atoms with Crippen LogP contribution in [0, 0.1) is 29.1 Å². The van der Waals surface area contributed by atoms with E-state index in [1.165, 1.54) is 11.4 Å². The summed E-state index contributed by atoms with van der Waals surface area (Å²) in [6, 6.07) is 6.66. The molecule has 0 aromatic heterocycles. The van der Waals surface area contributed by atoms with E-state index >= 15 is 0 Å². The molecule has 0 atom stereocenters. The number of nitrogens with zero attached hydrogens (tertiary/aromatic N) is 2. The number of rotatable bonds is 4. The van der Waals surface area contributed by atoms with Crippen molar-refractivity contribution in [2.24, 2.45) is 4.99 Å². The number of hydrogen-bond donors (Lipinski definition) is 0. The molecule has 0 aliphatic heterocycles. The molecule has 23 heavy (non-hydrogen) atoms. The maximum absolute atomic E-state index is 13.4. The Morgan fingerprint density at radius 1 is 0.913 bits per heavy atom. The van der Waals surface area contributed by atoms with E-state index in [1.807, 2.05) is 0 Å². The van der Waals surface area contributed by atoms with Gasteiger partial charge in [0.2, 0.25) is 5.82 Å². The maximum atomic E-state index is 13.4. The summed E-state index contributed by atoms with van der Waals surface area (Å²) in [5, 5.41) is 0.534. The molecule has 0 saturated carbocycles. The summed E-state index contributed by atoms with van der Waals surface area (Å²) >= 11 is 6.85. The van der Waals surface area contributed by atoms with Gasteiger partial charge in [-0.2, -0.15) is 0 Å². The fourth-order valence-electron chi connectivity index (χ4n) is 1.53. The molecule has 9 heteroatoms. The Morgan fingerprint density at radius 3 is 1.91 bits per heavy atom. The molecule has 2 aromatic rings. The third kappa shape index (κ3) is 3.94. The second-order valence-electron chi connectivity index (χ2n) is 4.25.